The fourth-order valence-electron chi connectivity index (χ4n) is 2.90. The number of rotatable bonds is 7. The average molecular weight is 519 g/mol. The van der Waals surface area contributed by atoms with Crippen molar-refractivity contribution in [1.82, 2.24) is 14.8 Å². The molecule has 0 spiro atoms. The van der Waals surface area contributed by atoms with Crippen LogP contribution in [0, 0.1) is 0 Å². The maximum atomic E-state index is 12.1. The molecule has 1 aliphatic heterocycles. The van der Waals surface area contributed by atoms with Gasteiger partial charge < -0.3 is 14.7 Å². The predicted octanol–water partition coefficient (Wildman–Crippen LogP) is 2.67. The molecule has 2 heterocycles. The molecule has 0 aliphatic carbocycles. The lowest BCUT2D eigenvalue weighted by Crippen LogP contribution is -2.40. The van der Waals surface area contributed by atoms with Crippen LogP contribution in [0.25, 0.3) is 0 Å². The number of piperidine rings is 1. The zero-order valence-corrected chi connectivity index (χ0v) is 18.7. The number of halogens is 1. The van der Waals surface area contributed by atoms with E-state index in [2.05, 4.69) is 29.6 Å². The highest BCUT2D eigenvalue weighted by Crippen LogP contribution is 2.12. The van der Waals surface area contributed by atoms with Crippen LogP contribution in [0.3, 0.4) is 0 Å². The number of para-hydroxylation sites is 1. The topological polar surface area (TPSA) is 99.8 Å². The molecule has 1 fully saturated rings. The van der Waals surface area contributed by atoms with Crippen molar-refractivity contribution in [1.29, 1.82) is 0 Å². The summed E-state index contributed by atoms with van der Waals surface area (Å²) in [5.74, 6) is 0.589. The Balaban J connectivity index is 0.00000280. The summed E-state index contributed by atoms with van der Waals surface area (Å²) >= 11 is 0. The van der Waals surface area contributed by atoms with Crippen LogP contribution in [0.1, 0.15) is 25.0 Å². The number of aromatic nitrogens is 1. The molecular formula is C18H26IN5O3S. The summed E-state index contributed by atoms with van der Waals surface area (Å²) in [6, 6.07) is 11.4. The van der Waals surface area contributed by atoms with Crippen molar-refractivity contribution in [2.75, 3.05) is 31.5 Å². The summed E-state index contributed by atoms with van der Waals surface area (Å²) in [7, 11) is -3.46. The molecule has 1 aromatic heterocycles. The summed E-state index contributed by atoms with van der Waals surface area (Å²) in [4.78, 5) is 6.84. The Bertz CT molecular complexity index is 822. The maximum Gasteiger partial charge on any atom is 0.217 e. The Morgan fingerprint density at radius 3 is 2.57 bits per heavy atom. The first kappa shape index (κ1) is 22.6. The maximum absolute atomic E-state index is 12.1. The minimum Gasteiger partial charge on any atom is -0.364 e. The minimum absolute atomic E-state index is 0. The Hall–Kier alpha value is -1.66. The van der Waals surface area contributed by atoms with Gasteiger partial charge in [-0.1, -0.05) is 23.4 Å². The van der Waals surface area contributed by atoms with Crippen LogP contribution in [0.5, 0.6) is 0 Å². The van der Waals surface area contributed by atoms with Gasteiger partial charge in [0.1, 0.15) is 12.0 Å². The van der Waals surface area contributed by atoms with Crippen molar-refractivity contribution in [3.8, 4) is 0 Å². The average Bonchev–Trinajstić information content (AvgIpc) is 3.18. The van der Waals surface area contributed by atoms with Crippen LogP contribution >= 0.6 is 24.0 Å². The molecule has 8 nitrogen and oxygen atoms in total. The van der Waals surface area contributed by atoms with Gasteiger partial charge in [-0.2, -0.15) is 0 Å². The molecule has 2 aromatic rings. The predicted molar refractivity (Wildman–Crippen MR) is 120 cm³/mol. The van der Waals surface area contributed by atoms with Gasteiger partial charge in [0.05, 0.1) is 12.2 Å². The summed E-state index contributed by atoms with van der Waals surface area (Å²) < 4.78 is 31.4. The second-order valence-corrected chi connectivity index (χ2v) is 8.20. The zero-order valence-electron chi connectivity index (χ0n) is 15.6. The highest BCUT2D eigenvalue weighted by Gasteiger charge is 2.16. The van der Waals surface area contributed by atoms with Crippen LogP contribution in [0.15, 0.2) is 52.2 Å². The third-order valence-corrected chi connectivity index (χ3v) is 5.53. The highest BCUT2D eigenvalue weighted by molar-refractivity contribution is 14.0. The number of nitrogens with zero attached hydrogens (tertiary/aromatic N) is 3. The van der Waals surface area contributed by atoms with E-state index in [9.17, 15) is 8.42 Å². The molecule has 0 unspecified atom stereocenters. The Kier molecular flexibility index (Phi) is 9.19. The fourth-order valence-corrected chi connectivity index (χ4v) is 3.94. The molecule has 2 N–H and O–H groups in total. The molecule has 1 saturated heterocycles. The van der Waals surface area contributed by atoms with Gasteiger partial charge in [0.25, 0.3) is 0 Å². The van der Waals surface area contributed by atoms with Gasteiger partial charge >= 0.3 is 0 Å². The van der Waals surface area contributed by atoms with E-state index in [0.717, 1.165) is 37.6 Å². The van der Waals surface area contributed by atoms with Crippen LogP contribution in [0.2, 0.25) is 0 Å². The van der Waals surface area contributed by atoms with Gasteiger partial charge in [-0.05, 0) is 31.4 Å². The number of likely N-dealkylation sites (tertiary alicyclic amines) is 1. The second kappa shape index (κ2) is 11.4. The zero-order chi connectivity index (χ0) is 19.0. The molecule has 0 radical (unpaired) electrons. The largest absolute Gasteiger partial charge is 0.364 e. The molecule has 0 bridgehead atoms. The van der Waals surface area contributed by atoms with E-state index in [1.807, 2.05) is 30.3 Å². The number of benzene rings is 1. The van der Waals surface area contributed by atoms with E-state index >= 15 is 0 Å². The van der Waals surface area contributed by atoms with Crippen molar-refractivity contribution in [2.24, 2.45) is 4.99 Å². The number of sulfonamides is 1. The fraction of sp³-hybridized carbons (Fsp3) is 0.444. The molecular weight excluding hydrogens is 493 g/mol. The number of anilines is 1. The van der Waals surface area contributed by atoms with Crippen molar-refractivity contribution in [3.63, 3.8) is 0 Å². The minimum atomic E-state index is -3.46. The van der Waals surface area contributed by atoms with Crippen LogP contribution < -0.4 is 10.0 Å². The van der Waals surface area contributed by atoms with Gasteiger partial charge in [-0.15, -0.1) is 24.0 Å². The van der Waals surface area contributed by atoms with E-state index in [1.54, 1.807) is 0 Å². The molecule has 10 heteroatoms. The van der Waals surface area contributed by atoms with E-state index in [4.69, 9.17) is 0 Å². The van der Waals surface area contributed by atoms with Gasteiger partial charge in [-0.3, -0.25) is 4.99 Å². The van der Waals surface area contributed by atoms with E-state index < -0.39 is 10.0 Å². The van der Waals surface area contributed by atoms with E-state index in [-0.39, 0.29) is 36.3 Å². The molecule has 1 aromatic carbocycles. The quantitative estimate of drug-likeness (QED) is 0.253. The lowest BCUT2D eigenvalue weighted by molar-refractivity contribution is 0.340. The van der Waals surface area contributed by atoms with Crippen molar-refractivity contribution in [3.05, 3.63) is 48.4 Å². The first-order valence-corrected chi connectivity index (χ1v) is 10.8. The molecule has 0 amide bonds. The normalized spacial score (nSPS) is 15.1. The summed E-state index contributed by atoms with van der Waals surface area (Å²) in [6.07, 6.45) is 4.87. The van der Waals surface area contributed by atoms with Gasteiger partial charge in [0.15, 0.2) is 5.96 Å². The number of hydrogen-bond acceptors (Lipinski definition) is 5. The number of hydrogen-bond donors (Lipinski definition) is 2. The van der Waals surface area contributed by atoms with Crippen LogP contribution in [-0.2, 0) is 15.8 Å². The summed E-state index contributed by atoms with van der Waals surface area (Å²) in [5.41, 5.74) is 1.35. The second-order valence-electron chi connectivity index (χ2n) is 6.39. The van der Waals surface area contributed by atoms with Crippen LogP contribution in [-0.4, -0.2) is 50.6 Å². The van der Waals surface area contributed by atoms with Gasteiger partial charge in [-0.25, -0.2) is 13.1 Å². The standard InChI is InChI=1S/C18H25N5O3S.HI/c24-27(25,15-17-9-14-26-22-17)20-11-10-19-18(23-12-5-2-6-13-23)21-16-7-3-1-4-8-16;/h1,3-4,7-9,14,20H,2,5-6,10-13,15H2,(H,19,21);1H. The Morgan fingerprint density at radius 1 is 1.14 bits per heavy atom. The molecule has 154 valence electrons. The van der Waals surface area contributed by atoms with E-state index in [0.29, 0.717) is 12.2 Å². The molecule has 3 rings (SSSR count). The highest BCUT2D eigenvalue weighted by atomic mass is 127. The lowest BCUT2D eigenvalue weighted by Gasteiger charge is -2.30. The SMILES string of the molecule is I.O=S(=O)(Cc1ccon1)NCCN=C(Nc1ccccc1)N1CCCCC1. The first-order chi connectivity index (χ1) is 13.1. The van der Waals surface area contributed by atoms with Crippen molar-refractivity contribution < 1.29 is 12.9 Å². The molecule has 0 saturated carbocycles. The van der Waals surface area contributed by atoms with Gasteiger partial charge in [0, 0.05) is 31.4 Å². The van der Waals surface area contributed by atoms with E-state index in [1.165, 1.54) is 18.8 Å². The molecule has 28 heavy (non-hydrogen) atoms. The Labute approximate surface area is 182 Å². The van der Waals surface area contributed by atoms with Gasteiger partial charge in [0.2, 0.25) is 10.0 Å². The molecule has 1 aliphatic rings. The third-order valence-electron chi connectivity index (χ3n) is 4.21. The number of aliphatic imine (C=N–C) groups is 1. The van der Waals surface area contributed by atoms with Crippen molar-refractivity contribution >= 4 is 45.6 Å². The summed E-state index contributed by atoms with van der Waals surface area (Å²) in [5, 5.41) is 6.99. The van der Waals surface area contributed by atoms with Crippen LogP contribution in [0.4, 0.5) is 5.69 Å². The van der Waals surface area contributed by atoms with Crippen molar-refractivity contribution in [2.45, 2.75) is 25.0 Å². The monoisotopic (exact) mass is 519 g/mol. The number of guanidine groups is 1. The Morgan fingerprint density at radius 2 is 1.89 bits per heavy atom. The first-order valence-electron chi connectivity index (χ1n) is 9.10. The molecule has 0 atom stereocenters. The third kappa shape index (κ3) is 7.40. The number of nitrogens with one attached hydrogen (secondary N) is 2. The summed E-state index contributed by atoms with van der Waals surface area (Å²) in [6.45, 7) is 2.49. The lowest BCUT2D eigenvalue weighted by atomic mass is 10.1. The smallest absolute Gasteiger partial charge is 0.217 e.